The van der Waals surface area contributed by atoms with Crippen LogP contribution in [-0.4, -0.2) is 11.3 Å². The lowest BCUT2D eigenvalue weighted by atomic mass is 10.1. The molecule has 0 aliphatic rings. The average Bonchev–Trinajstić information content (AvgIpc) is 2.41. The molecule has 0 atom stereocenters. The third-order valence-corrected chi connectivity index (χ3v) is 2.57. The van der Waals surface area contributed by atoms with Crippen LogP contribution in [0.1, 0.15) is 11.1 Å². The van der Waals surface area contributed by atoms with E-state index in [-0.39, 0.29) is 12.2 Å². The van der Waals surface area contributed by atoms with Crippen molar-refractivity contribution in [3.05, 3.63) is 53.5 Å². The minimum Gasteiger partial charge on any atom is -0.436 e. The summed E-state index contributed by atoms with van der Waals surface area (Å²) >= 11 is 0. The molecule has 3 nitrogen and oxygen atoms in total. The summed E-state index contributed by atoms with van der Waals surface area (Å²) in [5, 5.41) is 0. The lowest BCUT2D eigenvalue weighted by Crippen LogP contribution is -2.06. The average molecular weight is 299 g/mol. The number of pyridine rings is 1. The molecule has 1 aromatic heterocycles. The zero-order chi connectivity index (χ0) is 15.5. The van der Waals surface area contributed by atoms with Gasteiger partial charge < -0.3 is 9.53 Å². The van der Waals surface area contributed by atoms with Gasteiger partial charge in [0.05, 0.1) is 5.56 Å². The number of carbonyl (C=O) groups excluding carboxylic acids is 1. The van der Waals surface area contributed by atoms with E-state index in [4.69, 9.17) is 4.74 Å². The van der Waals surface area contributed by atoms with Gasteiger partial charge in [0.15, 0.2) is 5.82 Å². The largest absolute Gasteiger partial charge is 0.436 e. The molecule has 0 aliphatic heterocycles. The summed E-state index contributed by atoms with van der Waals surface area (Å²) in [6.07, 6.45) is -3.33. The van der Waals surface area contributed by atoms with E-state index in [9.17, 15) is 22.4 Å². The Kier molecular flexibility index (Phi) is 4.21. The van der Waals surface area contributed by atoms with Gasteiger partial charge in [0.2, 0.25) is 0 Å². The third-order valence-electron chi connectivity index (χ3n) is 2.57. The van der Waals surface area contributed by atoms with Gasteiger partial charge >= 0.3 is 6.18 Å². The van der Waals surface area contributed by atoms with Gasteiger partial charge in [0, 0.05) is 12.6 Å². The quantitative estimate of drug-likeness (QED) is 0.637. The first kappa shape index (κ1) is 15.0. The molecule has 0 N–H and O–H groups in total. The number of rotatable bonds is 4. The molecule has 21 heavy (non-hydrogen) atoms. The third kappa shape index (κ3) is 3.77. The molecule has 0 fully saturated rings. The summed E-state index contributed by atoms with van der Waals surface area (Å²) < 4.78 is 55.8. The Labute approximate surface area is 117 Å². The van der Waals surface area contributed by atoms with Crippen molar-refractivity contribution in [2.75, 3.05) is 0 Å². The number of alkyl halides is 3. The number of carbonyl (C=O) groups is 1. The molecule has 0 saturated carbocycles. The minimum atomic E-state index is -4.67. The predicted octanol–water partition coefficient (Wildman–Crippen LogP) is 3.77. The number of hydrogen-bond acceptors (Lipinski definition) is 3. The molecule has 1 heterocycles. The first-order chi connectivity index (χ1) is 9.90. The van der Waals surface area contributed by atoms with Crippen LogP contribution in [0.15, 0.2) is 36.5 Å². The first-order valence-electron chi connectivity index (χ1n) is 5.83. The van der Waals surface area contributed by atoms with Crippen molar-refractivity contribution in [2.45, 2.75) is 12.6 Å². The normalized spacial score (nSPS) is 11.2. The Balaban J connectivity index is 2.24. The van der Waals surface area contributed by atoms with Gasteiger partial charge in [-0.1, -0.05) is 12.1 Å². The van der Waals surface area contributed by atoms with Crippen molar-refractivity contribution >= 4 is 6.29 Å². The van der Waals surface area contributed by atoms with E-state index >= 15 is 0 Å². The molecule has 0 aliphatic carbocycles. The van der Waals surface area contributed by atoms with Gasteiger partial charge in [0.25, 0.3) is 5.88 Å². The van der Waals surface area contributed by atoms with Gasteiger partial charge in [-0.15, -0.1) is 0 Å². The van der Waals surface area contributed by atoms with Crippen LogP contribution in [-0.2, 0) is 17.4 Å². The fourth-order valence-corrected chi connectivity index (χ4v) is 1.60. The zero-order valence-corrected chi connectivity index (χ0v) is 10.5. The van der Waals surface area contributed by atoms with Crippen molar-refractivity contribution in [1.82, 2.24) is 4.98 Å². The molecule has 0 radical (unpaired) electrons. The Bertz CT molecular complexity index is 656. The maximum absolute atomic E-state index is 13.6. The topological polar surface area (TPSA) is 39.2 Å². The van der Waals surface area contributed by atoms with Crippen LogP contribution in [0, 0.1) is 5.82 Å². The maximum atomic E-state index is 13.6. The van der Waals surface area contributed by atoms with Gasteiger partial charge in [-0.2, -0.15) is 13.2 Å². The molecule has 2 aromatic rings. The number of nitrogens with zero attached hydrogens (tertiary/aromatic N) is 1. The second kappa shape index (κ2) is 5.90. The van der Waals surface area contributed by atoms with Crippen LogP contribution in [0.25, 0.3) is 0 Å². The highest BCUT2D eigenvalue weighted by Crippen LogP contribution is 2.31. The second-order valence-electron chi connectivity index (χ2n) is 4.13. The Morgan fingerprint density at radius 1 is 1.24 bits per heavy atom. The number of aromatic nitrogens is 1. The lowest BCUT2D eigenvalue weighted by molar-refractivity contribution is -0.138. The minimum absolute atomic E-state index is 0.153. The van der Waals surface area contributed by atoms with Crippen LogP contribution >= 0.6 is 0 Å². The smallest absolute Gasteiger partial charge is 0.417 e. The van der Waals surface area contributed by atoms with Crippen LogP contribution in [0.4, 0.5) is 17.6 Å². The standard InChI is InChI=1S/C14H9F4NO2/c15-12-7-10(14(16,17)18)8-19-13(12)21-11-3-1-2-9(6-11)4-5-20/h1-3,5-8H,4H2. The van der Waals surface area contributed by atoms with Gasteiger partial charge in [0.1, 0.15) is 12.0 Å². The van der Waals surface area contributed by atoms with Gasteiger partial charge in [-0.25, -0.2) is 9.37 Å². The molecule has 0 spiro atoms. The number of aldehydes is 1. The highest BCUT2D eigenvalue weighted by atomic mass is 19.4. The Morgan fingerprint density at radius 3 is 2.62 bits per heavy atom. The second-order valence-corrected chi connectivity index (χ2v) is 4.13. The van der Waals surface area contributed by atoms with Crippen LogP contribution < -0.4 is 4.74 Å². The SMILES string of the molecule is O=CCc1cccc(Oc2ncc(C(F)(F)F)cc2F)c1. The molecule has 2 rings (SSSR count). The molecule has 0 bridgehead atoms. The summed E-state index contributed by atoms with van der Waals surface area (Å²) in [4.78, 5) is 13.7. The summed E-state index contributed by atoms with van der Waals surface area (Å²) in [7, 11) is 0. The van der Waals surface area contributed by atoms with E-state index in [0.29, 0.717) is 24.1 Å². The van der Waals surface area contributed by atoms with E-state index in [1.54, 1.807) is 12.1 Å². The molecule has 0 saturated heterocycles. The van der Waals surface area contributed by atoms with E-state index in [2.05, 4.69) is 4.98 Å². The number of benzene rings is 1. The maximum Gasteiger partial charge on any atom is 0.417 e. The van der Waals surface area contributed by atoms with Crippen LogP contribution in [0.3, 0.4) is 0 Å². The van der Waals surface area contributed by atoms with E-state index in [1.807, 2.05) is 0 Å². The highest BCUT2D eigenvalue weighted by molar-refractivity contribution is 5.55. The molecule has 7 heteroatoms. The van der Waals surface area contributed by atoms with E-state index in [0.717, 1.165) is 0 Å². The Hall–Kier alpha value is -2.44. The summed E-state index contributed by atoms with van der Waals surface area (Å²) in [5.41, 5.74) is -0.558. The molecule has 1 aromatic carbocycles. The predicted molar refractivity (Wildman–Crippen MR) is 65.5 cm³/mol. The van der Waals surface area contributed by atoms with Gasteiger partial charge in [-0.3, -0.25) is 0 Å². The first-order valence-corrected chi connectivity index (χ1v) is 5.83. The lowest BCUT2D eigenvalue weighted by Gasteiger charge is -2.09. The summed E-state index contributed by atoms with van der Waals surface area (Å²) in [5.74, 6) is -1.60. The van der Waals surface area contributed by atoms with Crippen molar-refractivity contribution in [1.29, 1.82) is 0 Å². The molecule has 0 amide bonds. The monoisotopic (exact) mass is 299 g/mol. The van der Waals surface area contributed by atoms with Gasteiger partial charge in [-0.05, 0) is 23.8 Å². The molecular weight excluding hydrogens is 290 g/mol. The highest BCUT2D eigenvalue weighted by Gasteiger charge is 2.32. The Morgan fingerprint density at radius 2 is 2.00 bits per heavy atom. The van der Waals surface area contributed by atoms with E-state index in [1.165, 1.54) is 12.1 Å². The molecule has 0 unspecified atom stereocenters. The van der Waals surface area contributed by atoms with Crippen molar-refractivity contribution in [2.24, 2.45) is 0 Å². The zero-order valence-electron chi connectivity index (χ0n) is 10.5. The van der Waals surface area contributed by atoms with Crippen molar-refractivity contribution in [3.63, 3.8) is 0 Å². The van der Waals surface area contributed by atoms with Crippen molar-refractivity contribution < 1.29 is 27.1 Å². The summed E-state index contributed by atoms with van der Waals surface area (Å²) in [6.45, 7) is 0. The fraction of sp³-hybridized carbons (Fsp3) is 0.143. The van der Waals surface area contributed by atoms with Crippen molar-refractivity contribution in [3.8, 4) is 11.6 Å². The number of ether oxygens (including phenoxy) is 1. The van der Waals surface area contributed by atoms with Crippen LogP contribution in [0.2, 0.25) is 0 Å². The van der Waals surface area contributed by atoms with E-state index < -0.39 is 23.4 Å². The summed E-state index contributed by atoms with van der Waals surface area (Å²) in [6, 6.07) is 6.52. The molecule has 110 valence electrons. The molecular formula is C14H9F4NO2. The number of hydrogen-bond donors (Lipinski definition) is 0. The number of halogens is 4. The van der Waals surface area contributed by atoms with Crippen LogP contribution in [0.5, 0.6) is 11.6 Å². The fourth-order valence-electron chi connectivity index (χ4n) is 1.60.